The van der Waals surface area contributed by atoms with Gasteiger partial charge in [0, 0.05) is 16.6 Å². The van der Waals surface area contributed by atoms with Crippen molar-refractivity contribution in [3.8, 4) is 50.3 Å². The lowest BCUT2D eigenvalue weighted by molar-refractivity contribution is 0.593. The van der Waals surface area contributed by atoms with Crippen LogP contribution in [-0.4, -0.2) is 4.57 Å². The van der Waals surface area contributed by atoms with E-state index in [4.69, 9.17) is 0 Å². The van der Waals surface area contributed by atoms with Crippen molar-refractivity contribution in [3.63, 3.8) is 0 Å². The second-order valence-electron chi connectivity index (χ2n) is 21.7. The Morgan fingerprint density at radius 2 is 0.704 bits per heavy atom. The molecule has 0 spiro atoms. The predicted molar refractivity (Wildman–Crippen MR) is 307 cm³/mol. The van der Waals surface area contributed by atoms with E-state index < -0.39 is 0 Å². The maximum atomic E-state index is 2.60. The fourth-order valence-electron chi connectivity index (χ4n) is 12.2. The van der Waals surface area contributed by atoms with Crippen LogP contribution in [0.25, 0.3) is 126 Å². The summed E-state index contributed by atoms with van der Waals surface area (Å²) in [5.74, 6) is 0. The topological polar surface area (TPSA) is 4.93 Å². The third-order valence-electron chi connectivity index (χ3n) is 15.1. The number of benzene rings is 12. The first-order chi connectivity index (χ1) is 34.5. The SMILES string of the molecule is CC(C)(C)c1c2ccccc2c(C(C)(C)C)c2cc(-n3c(-c4ccccc4)c(-c4ccccc4)c4cc5c(-c6ccc7ccccc7c6)c6ccccc6c(-c6ccc7ccccc7c6)c5cc43)ccc12. The first-order valence-electron chi connectivity index (χ1n) is 25.2. The summed E-state index contributed by atoms with van der Waals surface area (Å²) in [6.45, 7) is 14.2. The summed E-state index contributed by atoms with van der Waals surface area (Å²) < 4.78 is 2.60. The highest BCUT2D eigenvalue weighted by Crippen LogP contribution is 2.51. The molecule has 0 unspecified atom stereocenters. The minimum Gasteiger partial charge on any atom is -0.309 e. The number of hydrogen-bond acceptors (Lipinski definition) is 0. The van der Waals surface area contributed by atoms with Gasteiger partial charge in [-0.2, -0.15) is 0 Å². The monoisotopic (exact) mass is 909 g/mol. The Morgan fingerprint density at radius 3 is 1.24 bits per heavy atom. The van der Waals surface area contributed by atoms with Gasteiger partial charge in [0.05, 0.1) is 11.2 Å². The quantitative estimate of drug-likeness (QED) is 0.152. The highest BCUT2D eigenvalue weighted by atomic mass is 15.0. The van der Waals surface area contributed by atoms with Gasteiger partial charge in [-0.3, -0.25) is 0 Å². The smallest absolute Gasteiger partial charge is 0.0619 e. The highest BCUT2D eigenvalue weighted by molar-refractivity contribution is 6.25. The minimum atomic E-state index is -0.131. The molecule has 13 aromatic rings. The third-order valence-corrected chi connectivity index (χ3v) is 15.1. The molecule has 0 amide bonds. The molecule has 13 rings (SSSR count). The van der Waals surface area contributed by atoms with Crippen LogP contribution < -0.4 is 0 Å². The highest BCUT2D eigenvalue weighted by Gasteiger charge is 2.30. The molecule has 0 aliphatic heterocycles. The lowest BCUT2D eigenvalue weighted by Crippen LogP contribution is -2.17. The molecule has 0 radical (unpaired) electrons. The molecule has 12 aromatic carbocycles. The van der Waals surface area contributed by atoms with Gasteiger partial charge in [-0.15, -0.1) is 0 Å². The van der Waals surface area contributed by atoms with Crippen LogP contribution in [0.2, 0.25) is 0 Å². The van der Waals surface area contributed by atoms with Crippen LogP contribution in [0.5, 0.6) is 0 Å². The van der Waals surface area contributed by atoms with Gasteiger partial charge in [-0.05, 0) is 156 Å². The standard InChI is InChI=1S/C70H55N/c1-69(2,3)66-55-31-19-20-32-56(55)67(70(4,5)6)60-41-52(37-38-57(60)66)71-62-43-59-58(42-61(62)65(46-23-9-7-10-24-46)68(71)47-25-11-8-12-26-47)63(50-35-33-44-21-13-15-27-48(44)39-50)53-29-17-18-30-54(53)64(59)51-36-34-45-22-14-16-28-49(45)40-51/h7-43H,1-6H3. The van der Waals surface area contributed by atoms with Crippen LogP contribution in [-0.2, 0) is 10.8 Å². The molecule has 1 nitrogen and oxygen atoms in total. The van der Waals surface area contributed by atoms with Gasteiger partial charge in [0.1, 0.15) is 0 Å². The van der Waals surface area contributed by atoms with Crippen molar-refractivity contribution in [1.29, 1.82) is 0 Å². The normalized spacial score (nSPS) is 12.4. The Bertz CT molecular complexity index is 4270. The van der Waals surface area contributed by atoms with E-state index in [1.165, 1.54) is 131 Å². The lowest BCUT2D eigenvalue weighted by atomic mass is 9.74. The van der Waals surface area contributed by atoms with Crippen molar-refractivity contribution in [2.45, 2.75) is 52.4 Å². The Morgan fingerprint density at radius 1 is 0.268 bits per heavy atom. The molecule has 0 aliphatic carbocycles. The molecule has 0 bridgehead atoms. The molecule has 0 N–H and O–H groups in total. The third kappa shape index (κ3) is 6.90. The molecule has 0 saturated carbocycles. The van der Waals surface area contributed by atoms with Crippen LogP contribution in [0.15, 0.2) is 224 Å². The van der Waals surface area contributed by atoms with Crippen molar-refractivity contribution in [1.82, 2.24) is 4.57 Å². The summed E-state index contributed by atoms with van der Waals surface area (Å²) in [6.07, 6.45) is 0. The fourth-order valence-corrected chi connectivity index (χ4v) is 12.2. The fraction of sp³-hybridized carbons (Fsp3) is 0.114. The molecule has 1 heterocycles. The molecule has 71 heavy (non-hydrogen) atoms. The average Bonchev–Trinajstić information content (AvgIpc) is 3.72. The maximum absolute atomic E-state index is 2.60. The van der Waals surface area contributed by atoms with Crippen molar-refractivity contribution >= 4 is 75.5 Å². The van der Waals surface area contributed by atoms with E-state index in [9.17, 15) is 0 Å². The predicted octanol–water partition coefficient (Wildman–Crippen LogP) is 19.8. The van der Waals surface area contributed by atoms with E-state index >= 15 is 0 Å². The van der Waals surface area contributed by atoms with Gasteiger partial charge in [0.25, 0.3) is 0 Å². The maximum Gasteiger partial charge on any atom is 0.0619 e. The van der Waals surface area contributed by atoms with Crippen molar-refractivity contribution in [3.05, 3.63) is 236 Å². The summed E-state index contributed by atoms with van der Waals surface area (Å²) in [5, 5.41) is 16.4. The summed E-state index contributed by atoms with van der Waals surface area (Å²) in [7, 11) is 0. The van der Waals surface area contributed by atoms with Gasteiger partial charge in [-0.1, -0.05) is 230 Å². The Labute approximate surface area is 416 Å². The van der Waals surface area contributed by atoms with Crippen molar-refractivity contribution < 1.29 is 0 Å². The minimum absolute atomic E-state index is 0.0881. The molecule has 1 aromatic heterocycles. The van der Waals surface area contributed by atoms with Gasteiger partial charge in [-0.25, -0.2) is 0 Å². The molecular formula is C70H55N. The van der Waals surface area contributed by atoms with Crippen LogP contribution in [0.3, 0.4) is 0 Å². The summed E-state index contributed by atoms with van der Waals surface area (Å²) in [6, 6.07) is 84.4. The van der Waals surface area contributed by atoms with Crippen LogP contribution >= 0.6 is 0 Å². The Balaban J connectivity index is 1.25. The van der Waals surface area contributed by atoms with E-state index in [0.29, 0.717) is 0 Å². The lowest BCUT2D eigenvalue weighted by Gasteiger charge is -2.30. The second-order valence-corrected chi connectivity index (χ2v) is 21.7. The van der Waals surface area contributed by atoms with Crippen LogP contribution in [0.4, 0.5) is 0 Å². The van der Waals surface area contributed by atoms with E-state index in [1.807, 2.05) is 0 Å². The molecular weight excluding hydrogens is 855 g/mol. The van der Waals surface area contributed by atoms with Crippen molar-refractivity contribution in [2.75, 3.05) is 0 Å². The molecule has 0 fully saturated rings. The molecule has 340 valence electrons. The number of aromatic nitrogens is 1. The molecule has 0 aliphatic rings. The zero-order chi connectivity index (χ0) is 48.2. The van der Waals surface area contributed by atoms with Crippen LogP contribution in [0.1, 0.15) is 52.7 Å². The number of fused-ring (bicyclic) bond motifs is 7. The summed E-state index contributed by atoms with van der Waals surface area (Å²) in [4.78, 5) is 0. The second kappa shape index (κ2) is 16.2. The molecule has 0 atom stereocenters. The summed E-state index contributed by atoms with van der Waals surface area (Å²) >= 11 is 0. The van der Waals surface area contributed by atoms with Gasteiger partial charge >= 0.3 is 0 Å². The average molecular weight is 910 g/mol. The number of hydrogen-bond donors (Lipinski definition) is 0. The van der Waals surface area contributed by atoms with Gasteiger partial charge in [0.2, 0.25) is 0 Å². The zero-order valence-electron chi connectivity index (χ0n) is 41.3. The first kappa shape index (κ1) is 42.8. The van der Waals surface area contributed by atoms with E-state index in [2.05, 4.69) is 271 Å². The van der Waals surface area contributed by atoms with Crippen LogP contribution in [0, 0.1) is 0 Å². The van der Waals surface area contributed by atoms with E-state index in [-0.39, 0.29) is 10.8 Å². The van der Waals surface area contributed by atoms with Gasteiger partial charge in [0.15, 0.2) is 0 Å². The first-order valence-corrected chi connectivity index (χ1v) is 25.2. The van der Waals surface area contributed by atoms with E-state index in [0.717, 1.165) is 5.69 Å². The van der Waals surface area contributed by atoms with Gasteiger partial charge < -0.3 is 4.57 Å². The Kier molecular flexibility index (Phi) is 9.74. The number of rotatable bonds is 5. The number of nitrogens with zero attached hydrogens (tertiary/aromatic N) is 1. The van der Waals surface area contributed by atoms with Crippen molar-refractivity contribution in [2.24, 2.45) is 0 Å². The Hall–Kier alpha value is -8.26. The molecule has 0 saturated heterocycles. The zero-order valence-corrected chi connectivity index (χ0v) is 41.3. The summed E-state index contributed by atoms with van der Waals surface area (Å²) in [5.41, 5.74) is 14.6. The largest absolute Gasteiger partial charge is 0.309 e. The van der Waals surface area contributed by atoms with E-state index in [1.54, 1.807) is 0 Å². The molecule has 1 heteroatoms.